The van der Waals surface area contributed by atoms with Crippen molar-refractivity contribution in [2.45, 2.75) is 6.61 Å². The molecule has 0 spiro atoms. The molecule has 116 valence electrons. The largest absolute Gasteiger partial charge is 0.497 e. The van der Waals surface area contributed by atoms with Gasteiger partial charge in [0.05, 0.1) is 26.5 Å². The van der Waals surface area contributed by atoms with Crippen LogP contribution in [0.2, 0.25) is 0 Å². The fourth-order valence-electron chi connectivity index (χ4n) is 1.77. The maximum atomic E-state index is 13.8. The van der Waals surface area contributed by atoms with Crippen LogP contribution in [0, 0.1) is 11.6 Å². The SMILES string of the molecule is COc1cc(F)c(N=Nc2ccc(OC)cc2CO)c(F)c1. The lowest BCUT2D eigenvalue weighted by molar-refractivity contribution is 0.281. The molecular weight excluding hydrogens is 294 g/mol. The molecule has 0 atom stereocenters. The molecule has 0 amide bonds. The molecule has 0 aliphatic rings. The van der Waals surface area contributed by atoms with Crippen molar-refractivity contribution < 1.29 is 23.4 Å². The zero-order valence-electron chi connectivity index (χ0n) is 12.0. The van der Waals surface area contributed by atoms with E-state index < -0.39 is 17.3 Å². The number of aliphatic hydroxyl groups excluding tert-OH is 1. The van der Waals surface area contributed by atoms with Gasteiger partial charge in [0.2, 0.25) is 0 Å². The maximum Gasteiger partial charge on any atom is 0.157 e. The van der Waals surface area contributed by atoms with Crippen LogP contribution in [0.15, 0.2) is 40.6 Å². The Kier molecular flexibility index (Phi) is 5.00. The number of hydrogen-bond donors (Lipinski definition) is 1. The fraction of sp³-hybridized carbons (Fsp3) is 0.200. The molecule has 0 unspecified atom stereocenters. The first-order valence-corrected chi connectivity index (χ1v) is 6.31. The molecule has 0 saturated carbocycles. The molecule has 0 aromatic heterocycles. The lowest BCUT2D eigenvalue weighted by atomic mass is 10.2. The van der Waals surface area contributed by atoms with E-state index in [0.29, 0.717) is 11.3 Å². The summed E-state index contributed by atoms with van der Waals surface area (Å²) in [6.45, 7) is -0.306. The number of methoxy groups -OCH3 is 2. The molecule has 0 aliphatic carbocycles. The molecular formula is C15H14F2N2O3. The molecule has 0 saturated heterocycles. The summed E-state index contributed by atoms with van der Waals surface area (Å²) in [5, 5.41) is 16.7. The van der Waals surface area contributed by atoms with Crippen molar-refractivity contribution in [3.05, 3.63) is 47.5 Å². The lowest BCUT2D eigenvalue weighted by Crippen LogP contribution is -1.89. The zero-order chi connectivity index (χ0) is 16.1. The van der Waals surface area contributed by atoms with Crippen LogP contribution < -0.4 is 9.47 Å². The van der Waals surface area contributed by atoms with Crippen molar-refractivity contribution in [1.82, 2.24) is 0 Å². The van der Waals surface area contributed by atoms with Gasteiger partial charge in [0.1, 0.15) is 11.5 Å². The van der Waals surface area contributed by atoms with E-state index in [9.17, 15) is 13.9 Å². The number of aliphatic hydroxyl groups is 1. The van der Waals surface area contributed by atoms with Crippen molar-refractivity contribution in [2.75, 3.05) is 14.2 Å². The van der Waals surface area contributed by atoms with Gasteiger partial charge in [-0.1, -0.05) is 0 Å². The number of hydrogen-bond acceptors (Lipinski definition) is 5. The Morgan fingerprint density at radius 1 is 0.955 bits per heavy atom. The zero-order valence-corrected chi connectivity index (χ0v) is 12.0. The minimum absolute atomic E-state index is 0.0504. The normalized spacial score (nSPS) is 11.0. The molecule has 2 aromatic rings. The number of azo groups is 1. The van der Waals surface area contributed by atoms with Crippen LogP contribution in [0.3, 0.4) is 0 Å². The van der Waals surface area contributed by atoms with Gasteiger partial charge >= 0.3 is 0 Å². The number of halogens is 2. The molecule has 0 bridgehead atoms. The Balaban J connectivity index is 2.37. The second-order valence-corrected chi connectivity index (χ2v) is 4.29. The standard InChI is InChI=1S/C15H14F2N2O3/c1-21-10-3-4-14(9(5-10)8-20)18-19-15-12(16)6-11(22-2)7-13(15)17/h3-7,20H,8H2,1-2H3. The van der Waals surface area contributed by atoms with Gasteiger partial charge in [-0.3, -0.25) is 0 Å². The van der Waals surface area contributed by atoms with E-state index in [1.165, 1.54) is 20.3 Å². The van der Waals surface area contributed by atoms with Crippen molar-refractivity contribution in [2.24, 2.45) is 10.2 Å². The van der Waals surface area contributed by atoms with Gasteiger partial charge in [-0.2, -0.15) is 0 Å². The summed E-state index contributed by atoms with van der Waals surface area (Å²) in [6, 6.07) is 6.73. The van der Waals surface area contributed by atoms with Crippen LogP contribution >= 0.6 is 0 Å². The molecule has 22 heavy (non-hydrogen) atoms. The highest BCUT2D eigenvalue weighted by molar-refractivity contribution is 5.50. The lowest BCUT2D eigenvalue weighted by Gasteiger charge is -2.06. The Bertz CT molecular complexity index is 682. The van der Waals surface area contributed by atoms with Crippen molar-refractivity contribution >= 4 is 11.4 Å². The second kappa shape index (κ2) is 6.95. The third-order valence-corrected chi connectivity index (χ3v) is 2.94. The quantitative estimate of drug-likeness (QED) is 0.852. The van der Waals surface area contributed by atoms with Gasteiger partial charge in [0.15, 0.2) is 17.3 Å². The summed E-state index contributed by atoms with van der Waals surface area (Å²) in [5.74, 6) is -1.20. The third-order valence-electron chi connectivity index (χ3n) is 2.94. The minimum atomic E-state index is -0.889. The highest BCUT2D eigenvalue weighted by atomic mass is 19.1. The molecule has 0 heterocycles. The number of nitrogens with zero attached hydrogens (tertiary/aromatic N) is 2. The van der Waals surface area contributed by atoms with Gasteiger partial charge in [-0.15, -0.1) is 10.2 Å². The second-order valence-electron chi connectivity index (χ2n) is 4.29. The Hall–Kier alpha value is -2.54. The average molecular weight is 308 g/mol. The van der Waals surface area contributed by atoms with E-state index in [2.05, 4.69) is 10.2 Å². The van der Waals surface area contributed by atoms with Crippen molar-refractivity contribution in [3.8, 4) is 11.5 Å². The number of ether oxygens (including phenoxy) is 2. The van der Waals surface area contributed by atoms with Crippen molar-refractivity contribution in [3.63, 3.8) is 0 Å². The molecule has 7 heteroatoms. The molecule has 0 radical (unpaired) electrons. The summed E-state index contributed by atoms with van der Waals surface area (Å²) in [7, 11) is 2.79. The summed E-state index contributed by atoms with van der Waals surface area (Å²) in [5.41, 5.74) is 0.191. The van der Waals surface area contributed by atoms with Crippen LogP contribution in [0.1, 0.15) is 5.56 Å². The summed E-state index contributed by atoms with van der Waals surface area (Å²) >= 11 is 0. The number of benzene rings is 2. The van der Waals surface area contributed by atoms with Crippen molar-refractivity contribution in [1.29, 1.82) is 0 Å². The Morgan fingerprint density at radius 3 is 2.14 bits per heavy atom. The van der Waals surface area contributed by atoms with E-state index in [1.807, 2.05) is 0 Å². The first kappa shape index (κ1) is 15.8. The molecule has 0 fully saturated rings. The smallest absolute Gasteiger partial charge is 0.157 e. The van der Waals surface area contributed by atoms with Gasteiger partial charge in [-0.05, 0) is 18.2 Å². The highest BCUT2D eigenvalue weighted by Gasteiger charge is 2.12. The van der Waals surface area contributed by atoms with Gasteiger partial charge in [0, 0.05) is 17.7 Å². The first-order valence-electron chi connectivity index (χ1n) is 6.31. The first-order chi connectivity index (χ1) is 10.6. The van der Waals surface area contributed by atoms with E-state index >= 15 is 0 Å². The van der Waals surface area contributed by atoms with Crippen LogP contribution in [0.4, 0.5) is 20.2 Å². The van der Waals surface area contributed by atoms with Gasteiger partial charge < -0.3 is 14.6 Å². The van der Waals surface area contributed by atoms with E-state index in [4.69, 9.17) is 9.47 Å². The molecule has 0 aliphatic heterocycles. The Morgan fingerprint density at radius 2 is 1.59 bits per heavy atom. The van der Waals surface area contributed by atoms with Crippen LogP contribution in [-0.4, -0.2) is 19.3 Å². The molecule has 2 aromatic carbocycles. The average Bonchev–Trinajstić information content (AvgIpc) is 2.53. The summed E-state index contributed by atoms with van der Waals surface area (Å²) < 4.78 is 37.3. The topological polar surface area (TPSA) is 63.4 Å². The van der Waals surface area contributed by atoms with Crippen LogP contribution in [-0.2, 0) is 6.61 Å². The predicted molar refractivity (Wildman–Crippen MR) is 76.0 cm³/mol. The molecule has 2 rings (SSSR count). The molecule has 5 nitrogen and oxygen atoms in total. The van der Waals surface area contributed by atoms with E-state index in [-0.39, 0.29) is 18.0 Å². The number of rotatable bonds is 5. The fourth-order valence-corrected chi connectivity index (χ4v) is 1.77. The summed E-state index contributed by atoms with van der Waals surface area (Å²) in [4.78, 5) is 0. The maximum absolute atomic E-state index is 13.8. The minimum Gasteiger partial charge on any atom is -0.497 e. The van der Waals surface area contributed by atoms with E-state index in [1.54, 1.807) is 12.1 Å². The summed E-state index contributed by atoms with van der Waals surface area (Å²) in [6.07, 6.45) is 0. The van der Waals surface area contributed by atoms with Gasteiger partial charge in [0.25, 0.3) is 0 Å². The van der Waals surface area contributed by atoms with Crippen LogP contribution in [0.25, 0.3) is 0 Å². The highest BCUT2D eigenvalue weighted by Crippen LogP contribution is 2.30. The monoisotopic (exact) mass is 308 g/mol. The van der Waals surface area contributed by atoms with Gasteiger partial charge in [-0.25, -0.2) is 8.78 Å². The predicted octanol–water partition coefficient (Wildman–Crippen LogP) is 3.89. The Labute approximate surface area is 125 Å². The molecule has 1 N–H and O–H groups in total. The van der Waals surface area contributed by atoms with Crippen LogP contribution in [0.5, 0.6) is 11.5 Å². The van der Waals surface area contributed by atoms with E-state index in [0.717, 1.165) is 12.1 Å². The third kappa shape index (κ3) is 3.37.